The van der Waals surface area contributed by atoms with E-state index >= 15 is 0 Å². The highest BCUT2D eigenvalue weighted by Gasteiger charge is 2.31. The molecule has 1 saturated heterocycles. The maximum atomic E-state index is 13.1. The first-order valence-electron chi connectivity index (χ1n) is 8.73. The maximum Gasteiger partial charge on any atom is 0.416 e. The molecule has 3 heterocycles. The molecule has 2 aromatic heterocycles. The molecule has 0 unspecified atom stereocenters. The van der Waals surface area contributed by atoms with Crippen LogP contribution in [0.1, 0.15) is 28.0 Å². The number of fused-ring (bicyclic) bond motifs is 1. The van der Waals surface area contributed by atoms with Gasteiger partial charge in [-0.2, -0.15) is 13.2 Å². The Bertz CT molecular complexity index is 1070. The van der Waals surface area contributed by atoms with Gasteiger partial charge in [0.05, 0.1) is 27.9 Å². The second kappa shape index (κ2) is 7.64. The van der Waals surface area contributed by atoms with E-state index in [2.05, 4.69) is 10.1 Å². The van der Waals surface area contributed by atoms with Gasteiger partial charge in [-0.15, -0.1) is 12.4 Å². The molecular formula is C19H18ClF3N4O2. The van der Waals surface area contributed by atoms with Gasteiger partial charge in [0.2, 0.25) is 0 Å². The smallest absolute Gasteiger partial charge is 0.337 e. The quantitative estimate of drug-likeness (QED) is 0.673. The summed E-state index contributed by atoms with van der Waals surface area (Å²) in [5, 5.41) is 4.32. The van der Waals surface area contributed by atoms with Crippen LogP contribution in [0, 0.1) is 6.92 Å². The third-order valence-corrected chi connectivity index (χ3v) is 4.85. The average Bonchev–Trinajstić information content (AvgIpc) is 3.26. The van der Waals surface area contributed by atoms with Gasteiger partial charge in [-0.1, -0.05) is 17.3 Å². The number of benzene rings is 1. The van der Waals surface area contributed by atoms with Crippen LogP contribution < -0.4 is 5.73 Å². The number of pyridine rings is 1. The molecule has 4 rings (SSSR count). The van der Waals surface area contributed by atoms with Gasteiger partial charge in [0.25, 0.3) is 11.6 Å². The van der Waals surface area contributed by atoms with Crippen LogP contribution in [-0.2, 0) is 6.18 Å². The second-order valence-electron chi connectivity index (χ2n) is 6.88. The van der Waals surface area contributed by atoms with Crippen molar-refractivity contribution in [3.63, 3.8) is 0 Å². The number of nitrogens with two attached hydrogens (primary N) is 1. The van der Waals surface area contributed by atoms with Crippen LogP contribution in [0.3, 0.4) is 0 Å². The Kier molecular flexibility index (Phi) is 5.55. The number of likely N-dealkylation sites (tertiary alicyclic amines) is 1. The number of alkyl halides is 3. The lowest BCUT2D eigenvalue weighted by molar-refractivity contribution is -0.137. The largest absolute Gasteiger partial charge is 0.416 e. The Labute approximate surface area is 170 Å². The predicted octanol–water partition coefficient (Wildman–Crippen LogP) is 3.81. The molecule has 0 radical (unpaired) electrons. The molecule has 2 N–H and O–H groups in total. The number of rotatable bonds is 2. The van der Waals surface area contributed by atoms with Gasteiger partial charge < -0.3 is 15.2 Å². The van der Waals surface area contributed by atoms with E-state index in [0.717, 1.165) is 12.1 Å². The van der Waals surface area contributed by atoms with E-state index in [0.29, 0.717) is 36.2 Å². The van der Waals surface area contributed by atoms with Gasteiger partial charge in [0.15, 0.2) is 0 Å². The molecule has 29 heavy (non-hydrogen) atoms. The number of carbonyl (C=O) groups excluding carboxylic acids is 1. The summed E-state index contributed by atoms with van der Waals surface area (Å²) < 4.78 is 44.4. The summed E-state index contributed by atoms with van der Waals surface area (Å²) in [6.45, 7) is 2.63. The van der Waals surface area contributed by atoms with Crippen molar-refractivity contribution in [3.8, 4) is 11.3 Å². The molecule has 1 atom stereocenters. The van der Waals surface area contributed by atoms with E-state index in [9.17, 15) is 18.0 Å². The lowest BCUT2D eigenvalue weighted by Crippen LogP contribution is -2.32. The second-order valence-corrected chi connectivity index (χ2v) is 6.88. The zero-order chi connectivity index (χ0) is 20.1. The summed E-state index contributed by atoms with van der Waals surface area (Å²) in [7, 11) is 0. The lowest BCUT2D eigenvalue weighted by Gasteiger charge is -2.17. The van der Waals surface area contributed by atoms with Crippen LogP contribution in [0.15, 0.2) is 34.9 Å². The van der Waals surface area contributed by atoms with Crippen LogP contribution in [-0.4, -0.2) is 40.1 Å². The summed E-state index contributed by atoms with van der Waals surface area (Å²) in [4.78, 5) is 19.0. The van der Waals surface area contributed by atoms with E-state index in [4.69, 9.17) is 10.3 Å². The number of aromatic nitrogens is 2. The Morgan fingerprint density at radius 2 is 2.07 bits per heavy atom. The van der Waals surface area contributed by atoms with Gasteiger partial charge in [0, 0.05) is 24.7 Å². The highest BCUT2D eigenvalue weighted by Crippen LogP contribution is 2.33. The highest BCUT2D eigenvalue weighted by atomic mass is 35.5. The summed E-state index contributed by atoms with van der Waals surface area (Å²) in [6, 6.07) is 6.19. The molecule has 1 amide bonds. The van der Waals surface area contributed by atoms with Crippen molar-refractivity contribution >= 4 is 29.4 Å². The highest BCUT2D eigenvalue weighted by molar-refractivity contribution is 6.07. The predicted molar refractivity (Wildman–Crippen MR) is 103 cm³/mol. The molecule has 154 valence electrons. The van der Waals surface area contributed by atoms with Crippen molar-refractivity contribution < 1.29 is 22.5 Å². The molecule has 1 aliphatic rings. The average molecular weight is 427 g/mol. The molecule has 1 aromatic carbocycles. The fraction of sp³-hybridized carbons (Fsp3) is 0.316. The third-order valence-electron chi connectivity index (χ3n) is 4.85. The molecule has 10 heteroatoms. The zero-order valence-electron chi connectivity index (χ0n) is 15.4. The Balaban J connectivity index is 0.00000240. The molecule has 0 spiro atoms. The third kappa shape index (κ3) is 3.92. The fourth-order valence-corrected chi connectivity index (χ4v) is 3.41. The number of halogens is 4. The first kappa shape index (κ1) is 21.1. The van der Waals surface area contributed by atoms with Crippen molar-refractivity contribution in [3.05, 3.63) is 47.2 Å². The molecule has 0 saturated carbocycles. The number of nitrogens with zero attached hydrogens (tertiary/aromatic N) is 3. The molecule has 0 bridgehead atoms. The maximum absolute atomic E-state index is 13.1. The summed E-state index contributed by atoms with van der Waals surface area (Å²) in [5.74, 6) is -0.264. The minimum atomic E-state index is -4.48. The van der Waals surface area contributed by atoms with Gasteiger partial charge in [-0.3, -0.25) is 4.79 Å². The molecule has 0 aliphatic carbocycles. The number of hydrogen-bond donors (Lipinski definition) is 1. The van der Waals surface area contributed by atoms with Gasteiger partial charge in [0.1, 0.15) is 0 Å². The Morgan fingerprint density at radius 1 is 1.31 bits per heavy atom. The molecule has 6 nitrogen and oxygen atoms in total. The minimum Gasteiger partial charge on any atom is -0.337 e. The van der Waals surface area contributed by atoms with Crippen molar-refractivity contribution in [2.24, 2.45) is 5.73 Å². The molecular weight excluding hydrogens is 409 g/mol. The fourth-order valence-electron chi connectivity index (χ4n) is 3.41. The van der Waals surface area contributed by atoms with Crippen LogP contribution in [0.2, 0.25) is 0 Å². The molecule has 1 aliphatic heterocycles. The number of hydrogen-bond acceptors (Lipinski definition) is 5. The van der Waals surface area contributed by atoms with E-state index in [-0.39, 0.29) is 41.3 Å². The number of amides is 1. The summed E-state index contributed by atoms with van der Waals surface area (Å²) >= 11 is 0. The Morgan fingerprint density at radius 3 is 2.72 bits per heavy atom. The standard InChI is InChI=1S/C19H17F3N4O2.ClH/c1-10-16-14(18(27)26-6-5-13(23)9-26)8-15(24-17(16)28-25-10)11-3-2-4-12(7-11)19(20,21)22;/h2-4,7-8,13H,5-6,9,23H2,1H3;1H/t13-;/m1./s1. The SMILES string of the molecule is Cc1noc2nc(-c3cccc(C(F)(F)F)c3)cc(C(=O)N3CC[C@@H](N)C3)c12.Cl. The van der Waals surface area contributed by atoms with E-state index in [1.807, 2.05) is 0 Å². The minimum absolute atomic E-state index is 0. The van der Waals surface area contributed by atoms with E-state index in [1.165, 1.54) is 18.2 Å². The first-order valence-corrected chi connectivity index (χ1v) is 8.73. The molecule has 1 fully saturated rings. The van der Waals surface area contributed by atoms with Gasteiger partial charge in [-0.05, 0) is 31.5 Å². The van der Waals surface area contributed by atoms with Crippen molar-refractivity contribution in [1.29, 1.82) is 0 Å². The molecule has 3 aromatic rings. The monoisotopic (exact) mass is 426 g/mol. The number of carbonyl (C=O) groups is 1. The first-order chi connectivity index (χ1) is 13.2. The number of aryl methyl sites for hydroxylation is 1. The van der Waals surface area contributed by atoms with Crippen LogP contribution in [0.25, 0.3) is 22.4 Å². The topological polar surface area (TPSA) is 85.2 Å². The Hall–Kier alpha value is -2.65. The zero-order valence-corrected chi connectivity index (χ0v) is 16.2. The van der Waals surface area contributed by atoms with Crippen LogP contribution in [0.4, 0.5) is 13.2 Å². The summed E-state index contributed by atoms with van der Waals surface area (Å²) in [5.41, 5.74) is 6.45. The van der Waals surface area contributed by atoms with Gasteiger partial charge in [-0.25, -0.2) is 4.98 Å². The van der Waals surface area contributed by atoms with E-state index in [1.54, 1.807) is 11.8 Å². The van der Waals surface area contributed by atoms with Gasteiger partial charge >= 0.3 is 6.18 Å². The van der Waals surface area contributed by atoms with Crippen molar-refractivity contribution in [2.75, 3.05) is 13.1 Å². The van der Waals surface area contributed by atoms with Crippen LogP contribution in [0.5, 0.6) is 0 Å². The van der Waals surface area contributed by atoms with Crippen molar-refractivity contribution in [1.82, 2.24) is 15.0 Å². The van der Waals surface area contributed by atoms with Crippen molar-refractivity contribution in [2.45, 2.75) is 25.6 Å². The normalized spacial score (nSPS) is 16.9. The van der Waals surface area contributed by atoms with Crippen LogP contribution >= 0.6 is 12.4 Å². The summed E-state index contributed by atoms with van der Waals surface area (Å²) in [6.07, 6.45) is -3.78. The van der Waals surface area contributed by atoms with E-state index < -0.39 is 11.7 Å². The lowest BCUT2D eigenvalue weighted by atomic mass is 10.0.